The first kappa shape index (κ1) is 13.8. The van der Waals surface area contributed by atoms with Crippen LogP contribution in [-0.2, 0) is 7.05 Å². The number of nitrogens with zero attached hydrogens (tertiary/aromatic N) is 4. The number of anilines is 1. The van der Waals surface area contributed by atoms with Crippen LogP contribution in [0.25, 0.3) is 0 Å². The molecule has 1 heterocycles. The molecule has 1 N–H and O–H groups in total. The van der Waals surface area contributed by atoms with Crippen molar-refractivity contribution in [3.63, 3.8) is 0 Å². The molecule has 0 spiro atoms. The van der Waals surface area contributed by atoms with Crippen LogP contribution in [0.15, 0.2) is 6.33 Å². The molecule has 1 aliphatic rings. The Kier molecular flexibility index (Phi) is 4.36. The van der Waals surface area contributed by atoms with E-state index >= 15 is 0 Å². The number of rotatable bonds is 6. The van der Waals surface area contributed by atoms with E-state index in [1.807, 2.05) is 0 Å². The molecule has 1 aromatic heterocycles. The van der Waals surface area contributed by atoms with Gasteiger partial charge in [0.15, 0.2) is 0 Å². The Morgan fingerprint density at radius 2 is 2.26 bits per heavy atom. The van der Waals surface area contributed by atoms with Crippen LogP contribution in [-0.4, -0.2) is 45.6 Å². The Morgan fingerprint density at radius 1 is 1.58 bits per heavy atom. The van der Waals surface area contributed by atoms with E-state index in [0.29, 0.717) is 18.4 Å². The molecular weight excluding hydrogens is 246 g/mol. The van der Waals surface area contributed by atoms with Crippen LogP contribution < -0.4 is 5.32 Å². The third-order valence-corrected chi connectivity index (χ3v) is 3.80. The van der Waals surface area contributed by atoms with Gasteiger partial charge in [0, 0.05) is 26.2 Å². The number of hydrogen-bond donors (Lipinski definition) is 1. The second kappa shape index (κ2) is 6.01. The fourth-order valence-electron chi connectivity index (χ4n) is 2.63. The van der Waals surface area contributed by atoms with E-state index in [1.54, 1.807) is 11.6 Å². The molecule has 106 valence electrons. The molecule has 1 aliphatic carbocycles. The van der Waals surface area contributed by atoms with E-state index in [4.69, 9.17) is 0 Å². The number of aryl methyl sites for hydroxylation is 1. The van der Waals surface area contributed by atoms with E-state index in [-0.39, 0.29) is 5.82 Å². The topological polar surface area (TPSA) is 76.2 Å². The van der Waals surface area contributed by atoms with Crippen LogP contribution in [0.5, 0.6) is 0 Å². The molecule has 19 heavy (non-hydrogen) atoms. The summed E-state index contributed by atoms with van der Waals surface area (Å²) in [5, 5.41) is 13.9. The minimum absolute atomic E-state index is 0.106. The van der Waals surface area contributed by atoms with Crippen molar-refractivity contribution in [3.05, 3.63) is 16.4 Å². The molecule has 2 rings (SSSR count). The average Bonchev–Trinajstić information content (AvgIpc) is 2.99. The molecule has 0 bridgehead atoms. The summed E-state index contributed by atoms with van der Waals surface area (Å²) in [5.74, 6) is 0.371. The number of imidazole rings is 1. The van der Waals surface area contributed by atoms with Crippen LogP contribution in [0.2, 0.25) is 0 Å². The summed E-state index contributed by atoms with van der Waals surface area (Å²) >= 11 is 0. The van der Waals surface area contributed by atoms with Crippen molar-refractivity contribution in [2.24, 2.45) is 7.05 Å². The molecule has 0 radical (unpaired) electrons. The highest BCUT2D eigenvalue weighted by Gasteiger charge is 2.21. The smallest absolute Gasteiger partial charge is 0.363 e. The number of aromatic nitrogens is 2. The maximum Gasteiger partial charge on any atom is 0.406 e. The highest BCUT2D eigenvalue weighted by molar-refractivity contribution is 5.51. The second-order valence-corrected chi connectivity index (χ2v) is 5.13. The summed E-state index contributed by atoms with van der Waals surface area (Å²) in [5.41, 5.74) is 0. The molecule has 0 saturated heterocycles. The van der Waals surface area contributed by atoms with Gasteiger partial charge in [-0.25, -0.2) is 0 Å². The zero-order valence-corrected chi connectivity index (χ0v) is 11.5. The van der Waals surface area contributed by atoms with Crippen molar-refractivity contribution in [1.29, 1.82) is 0 Å². The molecule has 0 amide bonds. The second-order valence-electron chi connectivity index (χ2n) is 5.13. The van der Waals surface area contributed by atoms with Crippen molar-refractivity contribution in [1.82, 2.24) is 14.5 Å². The van der Waals surface area contributed by atoms with Gasteiger partial charge in [0.2, 0.25) is 12.1 Å². The summed E-state index contributed by atoms with van der Waals surface area (Å²) in [7, 11) is 3.87. The highest BCUT2D eigenvalue weighted by atomic mass is 16.6. The van der Waals surface area contributed by atoms with E-state index in [1.165, 1.54) is 32.0 Å². The van der Waals surface area contributed by atoms with Crippen LogP contribution in [0.4, 0.5) is 11.6 Å². The summed E-state index contributed by atoms with van der Waals surface area (Å²) in [6.07, 6.45) is 6.62. The van der Waals surface area contributed by atoms with Gasteiger partial charge in [-0.05, 0) is 29.8 Å². The SMILES string of the molecule is CN(CCNc1c([N+](=O)[O-])ncn1C)C1CCCC1. The summed E-state index contributed by atoms with van der Waals surface area (Å²) in [6, 6.07) is 0.670. The zero-order valence-electron chi connectivity index (χ0n) is 11.5. The Labute approximate surface area is 112 Å². The number of hydrogen-bond acceptors (Lipinski definition) is 5. The number of nitrogens with one attached hydrogen (secondary N) is 1. The highest BCUT2D eigenvalue weighted by Crippen LogP contribution is 2.23. The van der Waals surface area contributed by atoms with Gasteiger partial charge in [-0.15, -0.1) is 0 Å². The van der Waals surface area contributed by atoms with Crippen LogP contribution >= 0.6 is 0 Å². The predicted molar refractivity (Wildman–Crippen MR) is 73.2 cm³/mol. The molecule has 1 fully saturated rings. The molecular formula is C12H21N5O2. The Balaban J connectivity index is 1.85. The maximum atomic E-state index is 10.8. The molecule has 0 atom stereocenters. The summed E-state index contributed by atoms with van der Waals surface area (Å²) in [6.45, 7) is 1.57. The maximum absolute atomic E-state index is 10.8. The van der Waals surface area contributed by atoms with Gasteiger partial charge >= 0.3 is 5.82 Å². The molecule has 0 aliphatic heterocycles. The van der Waals surface area contributed by atoms with E-state index in [9.17, 15) is 10.1 Å². The van der Waals surface area contributed by atoms with Gasteiger partial charge in [-0.2, -0.15) is 0 Å². The molecule has 7 heteroatoms. The van der Waals surface area contributed by atoms with Crippen molar-refractivity contribution >= 4 is 11.6 Å². The third kappa shape index (κ3) is 3.23. The Morgan fingerprint density at radius 3 is 2.89 bits per heavy atom. The zero-order chi connectivity index (χ0) is 13.8. The van der Waals surface area contributed by atoms with Crippen molar-refractivity contribution in [2.45, 2.75) is 31.7 Å². The minimum Gasteiger partial charge on any atom is -0.363 e. The lowest BCUT2D eigenvalue weighted by molar-refractivity contribution is -0.388. The minimum atomic E-state index is -0.455. The molecule has 1 saturated carbocycles. The number of likely N-dealkylation sites (N-methyl/N-ethyl adjacent to an activating group) is 1. The molecule has 0 aromatic carbocycles. The quantitative estimate of drug-likeness (QED) is 0.626. The van der Waals surface area contributed by atoms with Gasteiger partial charge in [0.05, 0.1) is 0 Å². The normalized spacial score (nSPS) is 16.2. The van der Waals surface area contributed by atoms with Crippen LogP contribution in [0.3, 0.4) is 0 Å². The first-order chi connectivity index (χ1) is 9.09. The van der Waals surface area contributed by atoms with Gasteiger partial charge < -0.3 is 20.3 Å². The van der Waals surface area contributed by atoms with Gasteiger partial charge in [0.1, 0.15) is 0 Å². The molecule has 7 nitrogen and oxygen atoms in total. The first-order valence-electron chi connectivity index (χ1n) is 6.69. The fourth-order valence-corrected chi connectivity index (χ4v) is 2.63. The van der Waals surface area contributed by atoms with Crippen LogP contribution in [0.1, 0.15) is 25.7 Å². The lowest BCUT2D eigenvalue weighted by atomic mass is 10.2. The first-order valence-corrected chi connectivity index (χ1v) is 6.69. The lowest BCUT2D eigenvalue weighted by Crippen LogP contribution is -2.33. The standard InChI is InChI=1S/C12H21N5O2/c1-15(10-5-3-4-6-10)8-7-13-11-12(17(18)19)14-9-16(11)2/h9-10,13H,3-8H2,1-2H3. The van der Waals surface area contributed by atoms with Crippen molar-refractivity contribution in [2.75, 3.05) is 25.5 Å². The van der Waals surface area contributed by atoms with E-state index in [0.717, 1.165) is 6.54 Å². The van der Waals surface area contributed by atoms with E-state index in [2.05, 4.69) is 22.2 Å². The van der Waals surface area contributed by atoms with Crippen LogP contribution in [0, 0.1) is 10.1 Å². The van der Waals surface area contributed by atoms with Crippen molar-refractivity contribution in [3.8, 4) is 0 Å². The Bertz CT molecular complexity index is 439. The predicted octanol–water partition coefficient (Wildman–Crippen LogP) is 1.61. The van der Waals surface area contributed by atoms with Gasteiger partial charge in [-0.1, -0.05) is 12.8 Å². The van der Waals surface area contributed by atoms with E-state index < -0.39 is 4.92 Å². The molecule has 1 aromatic rings. The third-order valence-electron chi connectivity index (χ3n) is 3.80. The fraction of sp³-hybridized carbons (Fsp3) is 0.750. The lowest BCUT2D eigenvalue weighted by Gasteiger charge is -2.24. The monoisotopic (exact) mass is 267 g/mol. The summed E-state index contributed by atoms with van der Waals surface area (Å²) in [4.78, 5) is 16.5. The number of nitro groups is 1. The van der Waals surface area contributed by atoms with Crippen molar-refractivity contribution < 1.29 is 4.92 Å². The largest absolute Gasteiger partial charge is 0.406 e. The summed E-state index contributed by atoms with van der Waals surface area (Å²) < 4.78 is 1.65. The Hall–Kier alpha value is -1.63. The van der Waals surface area contributed by atoms with Gasteiger partial charge in [-0.3, -0.25) is 4.57 Å². The molecule has 0 unspecified atom stereocenters. The van der Waals surface area contributed by atoms with Gasteiger partial charge in [0.25, 0.3) is 0 Å². The average molecular weight is 267 g/mol.